The first-order valence-electron chi connectivity index (χ1n) is 6.34. The van der Waals surface area contributed by atoms with Crippen LogP contribution in [0, 0.1) is 10.1 Å². The molecular weight excluding hydrogens is 262 g/mol. The summed E-state index contributed by atoms with van der Waals surface area (Å²) < 4.78 is 0. The molecule has 0 aliphatic carbocycles. The minimum absolute atomic E-state index is 0.0134. The summed E-state index contributed by atoms with van der Waals surface area (Å²) in [6, 6.07) is 6.15. The van der Waals surface area contributed by atoms with Crippen LogP contribution in [0.15, 0.2) is 24.3 Å². The van der Waals surface area contributed by atoms with Crippen molar-refractivity contribution in [2.24, 2.45) is 0 Å². The molecule has 1 aliphatic heterocycles. The van der Waals surface area contributed by atoms with Gasteiger partial charge in [-0.25, -0.2) is 0 Å². The predicted octanol–water partition coefficient (Wildman–Crippen LogP) is 0.486. The summed E-state index contributed by atoms with van der Waals surface area (Å²) in [5.41, 5.74) is 0.298. The van der Waals surface area contributed by atoms with E-state index in [4.69, 9.17) is 0 Å². The maximum Gasteiger partial charge on any atom is 0.273 e. The Balaban J connectivity index is 2.11. The zero-order valence-electron chi connectivity index (χ0n) is 10.9. The molecule has 1 saturated heterocycles. The average molecular weight is 277 g/mol. The summed E-state index contributed by atoms with van der Waals surface area (Å²) in [6.07, 6.45) is 0.624. The molecule has 1 aromatic carbocycles. The molecule has 1 aromatic rings. The van der Waals surface area contributed by atoms with Crippen LogP contribution in [0.1, 0.15) is 12.0 Å². The van der Waals surface area contributed by atoms with Gasteiger partial charge in [0.25, 0.3) is 5.69 Å². The van der Waals surface area contributed by atoms with Crippen molar-refractivity contribution in [1.82, 2.24) is 10.2 Å². The predicted molar refractivity (Wildman–Crippen MR) is 71.0 cm³/mol. The molecule has 0 spiro atoms. The van der Waals surface area contributed by atoms with Gasteiger partial charge >= 0.3 is 0 Å². The SMILES string of the molecule is O=C1CN(C(=O)Cc2ccccc2[N+](=O)[O-])CCCN1. The van der Waals surface area contributed by atoms with E-state index < -0.39 is 4.92 Å². The molecule has 0 atom stereocenters. The number of nitrogens with one attached hydrogen (secondary N) is 1. The summed E-state index contributed by atoms with van der Waals surface area (Å²) in [4.78, 5) is 35.4. The third-order valence-electron chi connectivity index (χ3n) is 3.14. The van der Waals surface area contributed by atoms with E-state index in [1.807, 2.05) is 0 Å². The maximum atomic E-state index is 12.2. The first kappa shape index (κ1) is 14.0. The highest BCUT2D eigenvalue weighted by Gasteiger charge is 2.22. The average Bonchev–Trinajstić information content (AvgIpc) is 2.64. The van der Waals surface area contributed by atoms with Crippen molar-refractivity contribution in [1.29, 1.82) is 0 Å². The minimum Gasteiger partial charge on any atom is -0.354 e. The molecule has 106 valence electrons. The number of carbonyl (C=O) groups excluding carboxylic acids is 2. The van der Waals surface area contributed by atoms with E-state index in [9.17, 15) is 19.7 Å². The topological polar surface area (TPSA) is 92.5 Å². The number of carbonyl (C=O) groups is 2. The highest BCUT2D eigenvalue weighted by molar-refractivity contribution is 5.86. The van der Waals surface area contributed by atoms with Crippen LogP contribution in [0.4, 0.5) is 5.69 Å². The number of nitrogens with zero attached hydrogens (tertiary/aromatic N) is 2. The normalized spacial score (nSPS) is 15.4. The summed E-state index contributed by atoms with van der Waals surface area (Å²) >= 11 is 0. The molecule has 0 bridgehead atoms. The van der Waals surface area contributed by atoms with E-state index in [-0.39, 0.29) is 30.5 Å². The van der Waals surface area contributed by atoms with E-state index in [1.165, 1.54) is 11.0 Å². The van der Waals surface area contributed by atoms with Crippen LogP contribution in [0.3, 0.4) is 0 Å². The van der Waals surface area contributed by atoms with Gasteiger partial charge < -0.3 is 10.2 Å². The van der Waals surface area contributed by atoms with Gasteiger partial charge in [-0.3, -0.25) is 19.7 Å². The maximum absolute atomic E-state index is 12.2. The zero-order chi connectivity index (χ0) is 14.5. The van der Waals surface area contributed by atoms with Crippen LogP contribution in [0.5, 0.6) is 0 Å². The minimum atomic E-state index is -0.502. The van der Waals surface area contributed by atoms with Gasteiger partial charge in [0.1, 0.15) is 0 Å². The second kappa shape index (κ2) is 6.14. The molecule has 2 amide bonds. The molecule has 0 radical (unpaired) electrons. The van der Waals surface area contributed by atoms with E-state index in [1.54, 1.807) is 18.2 Å². The van der Waals surface area contributed by atoms with Crippen LogP contribution in [-0.2, 0) is 16.0 Å². The number of hydrogen-bond donors (Lipinski definition) is 1. The van der Waals surface area contributed by atoms with Gasteiger partial charge in [-0.05, 0) is 6.42 Å². The number of nitro benzene ring substituents is 1. The van der Waals surface area contributed by atoms with Crippen molar-refractivity contribution >= 4 is 17.5 Å². The van der Waals surface area contributed by atoms with Crippen LogP contribution in [0.2, 0.25) is 0 Å². The van der Waals surface area contributed by atoms with Gasteiger partial charge in [-0.15, -0.1) is 0 Å². The Hall–Kier alpha value is -2.44. The summed E-state index contributed by atoms with van der Waals surface area (Å²) in [6.45, 7) is 1.05. The molecule has 1 heterocycles. The lowest BCUT2D eigenvalue weighted by molar-refractivity contribution is -0.385. The highest BCUT2D eigenvalue weighted by Crippen LogP contribution is 2.19. The number of benzene rings is 1. The highest BCUT2D eigenvalue weighted by atomic mass is 16.6. The summed E-state index contributed by atoms with van der Waals surface area (Å²) in [5, 5.41) is 13.6. The Morgan fingerprint density at radius 3 is 2.90 bits per heavy atom. The third-order valence-corrected chi connectivity index (χ3v) is 3.14. The number of hydrogen-bond acceptors (Lipinski definition) is 4. The summed E-state index contributed by atoms with van der Waals surface area (Å²) in [5.74, 6) is -0.463. The lowest BCUT2D eigenvalue weighted by Gasteiger charge is -2.18. The van der Waals surface area contributed by atoms with Crippen molar-refractivity contribution in [3.05, 3.63) is 39.9 Å². The van der Waals surface area contributed by atoms with Crippen molar-refractivity contribution in [3.63, 3.8) is 0 Å². The lowest BCUT2D eigenvalue weighted by atomic mass is 10.1. The lowest BCUT2D eigenvalue weighted by Crippen LogP contribution is -2.38. The summed E-state index contributed by atoms with van der Waals surface area (Å²) in [7, 11) is 0. The Morgan fingerprint density at radius 2 is 2.15 bits per heavy atom. The number of rotatable bonds is 3. The van der Waals surface area contributed by atoms with Crippen LogP contribution < -0.4 is 5.32 Å². The molecule has 0 aromatic heterocycles. The van der Waals surface area contributed by atoms with Gasteiger partial charge in [0, 0.05) is 24.7 Å². The fraction of sp³-hybridized carbons (Fsp3) is 0.385. The second-order valence-electron chi connectivity index (χ2n) is 4.58. The van der Waals surface area contributed by atoms with Crippen LogP contribution >= 0.6 is 0 Å². The van der Waals surface area contributed by atoms with Gasteiger partial charge in [-0.2, -0.15) is 0 Å². The molecule has 1 fully saturated rings. The molecule has 7 nitrogen and oxygen atoms in total. The monoisotopic (exact) mass is 277 g/mol. The van der Waals surface area contributed by atoms with Gasteiger partial charge in [-0.1, -0.05) is 18.2 Å². The second-order valence-corrected chi connectivity index (χ2v) is 4.58. The molecular formula is C13H15N3O4. The fourth-order valence-electron chi connectivity index (χ4n) is 2.13. The van der Waals surface area contributed by atoms with Crippen molar-refractivity contribution in [3.8, 4) is 0 Å². The Bertz CT molecular complexity index is 544. The van der Waals surface area contributed by atoms with E-state index in [0.29, 0.717) is 25.1 Å². The smallest absolute Gasteiger partial charge is 0.273 e. The van der Waals surface area contributed by atoms with E-state index in [0.717, 1.165) is 0 Å². The Morgan fingerprint density at radius 1 is 1.40 bits per heavy atom. The van der Waals surface area contributed by atoms with Gasteiger partial charge in [0.15, 0.2) is 0 Å². The first-order chi connectivity index (χ1) is 9.58. The Labute approximate surface area is 115 Å². The third kappa shape index (κ3) is 3.31. The molecule has 7 heteroatoms. The number of nitro groups is 1. The Kier molecular flexibility index (Phi) is 4.29. The van der Waals surface area contributed by atoms with Crippen molar-refractivity contribution in [2.45, 2.75) is 12.8 Å². The molecule has 0 saturated carbocycles. The standard InChI is InChI=1S/C13H15N3O4/c17-12-9-15(7-3-6-14-12)13(18)8-10-4-1-2-5-11(10)16(19)20/h1-2,4-5H,3,6-9H2,(H,14,17). The van der Waals surface area contributed by atoms with E-state index >= 15 is 0 Å². The quantitative estimate of drug-likeness (QED) is 0.642. The molecule has 1 aliphatic rings. The van der Waals surface area contributed by atoms with E-state index in [2.05, 4.69) is 5.32 Å². The molecule has 2 rings (SSSR count). The largest absolute Gasteiger partial charge is 0.354 e. The van der Waals surface area contributed by atoms with Crippen LogP contribution in [0.25, 0.3) is 0 Å². The zero-order valence-corrected chi connectivity index (χ0v) is 10.9. The number of para-hydroxylation sites is 1. The molecule has 0 unspecified atom stereocenters. The van der Waals surface area contributed by atoms with Crippen molar-refractivity contribution in [2.75, 3.05) is 19.6 Å². The molecule has 20 heavy (non-hydrogen) atoms. The van der Waals surface area contributed by atoms with Crippen LogP contribution in [-0.4, -0.2) is 41.3 Å². The first-order valence-corrected chi connectivity index (χ1v) is 6.34. The van der Waals surface area contributed by atoms with Gasteiger partial charge in [0.05, 0.1) is 17.9 Å². The van der Waals surface area contributed by atoms with Gasteiger partial charge in [0.2, 0.25) is 11.8 Å². The van der Waals surface area contributed by atoms with Crippen molar-refractivity contribution < 1.29 is 14.5 Å². The fourth-order valence-corrected chi connectivity index (χ4v) is 2.13. The molecule has 1 N–H and O–H groups in total. The number of amides is 2.